The Morgan fingerprint density at radius 1 is 1.53 bits per heavy atom. The first-order valence-electron chi connectivity index (χ1n) is 5.39. The average molecular weight is 308 g/mol. The number of hydrogen-bond acceptors (Lipinski definition) is 3. The molecule has 0 atom stereocenters. The number of benzene rings is 1. The Kier molecular flexibility index (Phi) is 5.09. The smallest absolute Gasteiger partial charge is 0.246 e. The number of likely N-dealkylation sites (N-methyl/N-ethyl adjacent to an activating group) is 1. The number of aliphatic hydroxyl groups is 1. The van der Waals surface area contributed by atoms with Gasteiger partial charge in [-0.2, -0.15) is 4.31 Å². The van der Waals surface area contributed by atoms with E-state index < -0.39 is 27.3 Å². The Morgan fingerprint density at radius 3 is 2.58 bits per heavy atom. The molecule has 0 aliphatic heterocycles. The molecular weight excluding hydrogens is 293 g/mol. The summed E-state index contributed by atoms with van der Waals surface area (Å²) in [6, 6.07) is 2.22. The van der Waals surface area contributed by atoms with Crippen molar-refractivity contribution in [2.45, 2.75) is 18.4 Å². The summed E-state index contributed by atoms with van der Waals surface area (Å²) < 4.78 is 39.4. The molecule has 0 aliphatic carbocycles. The molecule has 106 valence electrons. The van der Waals surface area contributed by atoms with Gasteiger partial charge < -0.3 is 5.11 Å². The summed E-state index contributed by atoms with van der Waals surface area (Å²) in [6.45, 7) is 4.72. The van der Waals surface area contributed by atoms with E-state index in [1.165, 1.54) is 13.1 Å². The molecule has 0 amide bonds. The molecule has 0 radical (unpaired) electrons. The number of sulfonamides is 1. The van der Waals surface area contributed by atoms with E-state index in [0.29, 0.717) is 5.57 Å². The fraction of sp³-hybridized carbons (Fsp3) is 0.333. The molecule has 0 unspecified atom stereocenters. The van der Waals surface area contributed by atoms with Gasteiger partial charge in [0.05, 0.1) is 6.61 Å². The summed E-state index contributed by atoms with van der Waals surface area (Å²) in [5, 5.41) is 9.04. The van der Waals surface area contributed by atoms with Gasteiger partial charge in [0.25, 0.3) is 0 Å². The monoisotopic (exact) mass is 307 g/mol. The normalized spacial score (nSPS) is 11.9. The van der Waals surface area contributed by atoms with Crippen molar-refractivity contribution in [3.05, 3.63) is 40.7 Å². The quantitative estimate of drug-likeness (QED) is 0.848. The van der Waals surface area contributed by atoms with E-state index in [9.17, 15) is 12.8 Å². The van der Waals surface area contributed by atoms with Gasteiger partial charge in [0, 0.05) is 24.2 Å². The van der Waals surface area contributed by atoms with Crippen molar-refractivity contribution in [2.24, 2.45) is 0 Å². The predicted molar refractivity (Wildman–Crippen MR) is 72.0 cm³/mol. The maximum absolute atomic E-state index is 14.0. The number of nitrogens with zero attached hydrogens (tertiary/aromatic N) is 1. The molecule has 0 aliphatic rings. The largest absolute Gasteiger partial charge is 0.392 e. The molecule has 1 N–H and O–H groups in total. The zero-order chi connectivity index (χ0) is 14.8. The van der Waals surface area contributed by atoms with Gasteiger partial charge in [-0.15, -0.1) is 0 Å². The summed E-state index contributed by atoms with van der Waals surface area (Å²) >= 11 is 5.74. The summed E-state index contributed by atoms with van der Waals surface area (Å²) in [5.74, 6) is -0.986. The van der Waals surface area contributed by atoms with Crippen molar-refractivity contribution in [1.29, 1.82) is 0 Å². The molecule has 0 bridgehead atoms. The molecule has 0 spiro atoms. The van der Waals surface area contributed by atoms with Crippen LogP contribution >= 0.6 is 11.6 Å². The van der Waals surface area contributed by atoms with Crippen molar-refractivity contribution < 1.29 is 17.9 Å². The van der Waals surface area contributed by atoms with Crippen molar-refractivity contribution in [3.63, 3.8) is 0 Å². The molecule has 4 nitrogen and oxygen atoms in total. The minimum absolute atomic E-state index is 0.0488. The summed E-state index contributed by atoms with van der Waals surface area (Å²) in [5.41, 5.74) is 0.464. The van der Waals surface area contributed by atoms with Gasteiger partial charge in [-0.05, 0) is 19.1 Å². The molecule has 0 saturated heterocycles. The zero-order valence-corrected chi connectivity index (χ0v) is 12.2. The third-order valence-electron chi connectivity index (χ3n) is 2.43. The number of halogens is 2. The first kappa shape index (κ1) is 16.1. The summed E-state index contributed by atoms with van der Waals surface area (Å²) in [7, 11) is -2.70. The molecule has 0 fully saturated rings. The first-order chi connectivity index (χ1) is 8.70. The van der Waals surface area contributed by atoms with E-state index in [0.717, 1.165) is 10.4 Å². The Bertz CT molecular complexity index is 601. The van der Waals surface area contributed by atoms with Crippen LogP contribution in [-0.2, 0) is 16.6 Å². The highest BCUT2D eigenvalue weighted by Crippen LogP contribution is 2.26. The van der Waals surface area contributed by atoms with E-state index in [1.54, 1.807) is 6.92 Å². The van der Waals surface area contributed by atoms with Crippen LogP contribution in [0.4, 0.5) is 4.39 Å². The van der Waals surface area contributed by atoms with Crippen LogP contribution in [0.5, 0.6) is 0 Å². The second-order valence-electron chi connectivity index (χ2n) is 4.25. The second kappa shape index (κ2) is 6.00. The fourth-order valence-corrected chi connectivity index (χ4v) is 3.22. The van der Waals surface area contributed by atoms with Crippen LogP contribution in [0.25, 0.3) is 0 Å². The van der Waals surface area contributed by atoms with Crippen LogP contribution in [0.1, 0.15) is 12.5 Å². The van der Waals surface area contributed by atoms with Crippen LogP contribution in [-0.4, -0.2) is 31.4 Å². The molecular formula is C12H15ClFNO3S. The van der Waals surface area contributed by atoms with E-state index in [-0.39, 0.29) is 17.1 Å². The minimum atomic E-state index is -4.02. The minimum Gasteiger partial charge on any atom is -0.392 e. The lowest BCUT2D eigenvalue weighted by atomic mass is 10.2. The maximum Gasteiger partial charge on any atom is 0.246 e. The Balaban J connectivity index is 3.36. The van der Waals surface area contributed by atoms with Gasteiger partial charge in [-0.1, -0.05) is 23.8 Å². The lowest BCUT2D eigenvalue weighted by Crippen LogP contribution is -2.29. The first-order valence-corrected chi connectivity index (χ1v) is 7.21. The molecule has 1 aromatic carbocycles. The van der Waals surface area contributed by atoms with Crippen LogP contribution in [0.15, 0.2) is 29.2 Å². The standard InChI is InChI=1S/C12H15ClFNO3S/c1-8(2)6-15(3)19(17,18)11-5-10(13)4-9(7-16)12(11)14/h4-5,16H,1,6-7H2,2-3H3. The SMILES string of the molecule is C=C(C)CN(C)S(=O)(=O)c1cc(Cl)cc(CO)c1F. The van der Waals surface area contributed by atoms with Crippen molar-refractivity contribution in [2.75, 3.05) is 13.6 Å². The van der Waals surface area contributed by atoms with Gasteiger partial charge in [0.15, 0.2) is 0 Å². The molecule has 19 heavy (non-hydrogen) atoms. The third kappa shape index (κ3) is 3.54. The number of aliphatic hydroxyl groups excluding tert-OH is 1. The van der Waals surface area contributed by atoms with E-state index in [2.05, 4.69) is 6.58 Å². The van der Waals surface area contributed by atoms with Crippen LogP contribution < -0.4 is 0 Å². The average Bonchev–Trinajstić information content (AvgIpc) is 2.30. The lowest BCUT2D eigenvalue weighted by Gasteiger charge is -2.18. The number of hydrogen-bond donors (Lipinski definition) is 1. The molecule has 1 aromatic rings. The Morgan fingerprint density at radius 2 is 2.11 bits per heavy atom. The summed E-state index contributed by atoms with van der Waals surface area (Å²) in [6.07, 6.45) is 0. The van der Waals surface area contributed by atoms with E-state index in [4.69, 9.17) is 16.7 Å². The molecule has 0 saturated carbocycles. The van der Waals surface area contributed by atoms with Gasteiger partial charge in [-0.25, -0.2) is 12.8 Å². The third-order valence-corrected chi connectivity index (χ3v) is 4.45. The van der Waals surface area contributed by atoms with Crippen LogP contribution in [0.3, 0.4) is 0 Å². The summed E-state index contributed by atoms with van der Waals surface area (Å²) in [4.78, 5) is -0.548. The maximum atomic E-state index is 14.0. The van der Waals surface area contributed by atoms with Crippen LogP contribution in [0.2, 0.25) is 5.02 Å². The lowest BCUT2D eigenvalue weighted by molar-refractivity contribution is 0.274. The van der Waals surface area contributed by atoms with Gasteiger partial charge in [0.2, 0.25) is 10.0 Å². The predicted octanol–water partition coefficient (Wildman–Crippen LogP) is 2.17. The topological polar surface area (TPSA) is 57.6 Å². The van der Waals surface area contributed by atoms with E-state index >= 15 is 0 Å². The highest BCUT2D eigenvalue weighted by Gasteiger charge is 2.26. The Hall–Kier alpha value is -0.950. The second-order valence-corrected chi connectivity index (χ2v) is 6.70. The van der Waals surface area contributed by atoms with Gasteiger partial charge in [-0.3, -0.25) is 0 Å². The van der Waals surface area contributed by atoms with Crippen molar-refractivity contribution in [3.8, 4) is 0 Å². The molecule has 0 heterocycles. The number of rotatable bonds is 5. The van der Waals surface area contributed by atoms with Crippen molar-refractivity contribution >= 4 is 21.6 Å². The fourth-order valence-electron chi connectivity index (χ4n) is 1.55. The highest BCUT2D eigenvalue weighted by atomic mass is 35.5. The van der Waals surface area contributed by atoms with Crippen molar-refractivity contribution in [1.82, 2.24) is 4.31 Å². The van der Waals surface area contributed by atoms with Gasteiger partial charge in [0.1, 0.15) is 10.7 Å². The zero-order valence-electron chi connectivity index (χ0n) is 10.7. The highest BCUT2D eigenvalue weighted by molar-refractivity contribution is 7.89. The van der Waals surface area contributed by atoms with Crippen LogP contribution in [0, 0.1) is 5.82 Å². The van der Waals surface area contributed by atoms with E-state index in [1.807, 2.05) is 0 Å². The Labute approximate surface area is 117 Å². The molecule has 0 aromatic heterocycles. The molecule has 1 rings (SSSR count). The van der Waals surface area contributed by atoms with Gasteiger partial charge >= 0.3 is 0 Å². The molecule has 7 heteroatoms.